The van der Waals surface area contributed by atoms with Gasteiger partial charge in [-0.2, -0.15) is 5.10 Å². The molecule has 0 spiro atoms. The molecule has 2 heterocycles. The van der Waals surface area contributed by atoms with Gasteiger partial charge in [-0.3, -0.25) is 9.58 Å². The highest BCUT2D eigenvalue weighted by molar-refractivity contribution is 5.24. The summed E-state index contributed by atoms with van der Waals surface area (Å²) < 4.78 is 1.94. The van der Waals surface area contributed by atoms with Crippen LogP contribution >= 0.6 is 0 Å². The Hall–Kier alpha value is -1.65. The molecule has 1 N–H and O–H groups in total. The number of aliphatic hydroxyl groups is 1. The second-order valence-corrected chi connectivity index (χ2v) is 6.89. The van der Waals surface area contributed by atoms with Gasteiger partial charge in [-0.05, 0) is 51.6 Å². The number of aromatic nitrogens is 2. The number of rotatable bonds is 7. The second-order valence-electron chi connectivity index (χ2n) is 6.89. The zero-order valence-electron chi connectivity index (χ0n) is 14.9. The Kier molecular flexibility index (Phi) is 5.69. The van der Waals surface area contributed by atoms with Crippen LogP contribution in [-0.4, -0.2) is 39.0 Å². The van der Waals surface area contributed by atoms with E-state index in [1.807, 2.05) is 4.68 Å². The maximum atomic E-state index is 9.18. The molecule has 3 rings (SSSR count). The smallest absolute Gasteiger partial charge is 0.0644 e. The molecule has 1 atom stereocenters. The topological polar surface area (TPSA) is 41.3 Å². The lowest BCUT2D eigenvalue weighted by molar-refractivity contribution is 0.233. The van der Waals surface area contributed by atoms with Crippen LogP contribution < -0.4 is 0 Å². The molecule has 1 aromatic carbocycles. The summed E-state index contributed by atoms with van der Waals surface area (Å²) in [6, 6.07) is 11.5. The molecule has 1 aliphatic heterocycles. The van der Waals surface area contributed by atoms with Crippen LogP contribution in [0.5, 0.6) is 0 Å². The van der Waals surface area contributed by atoms with E-state index in [-0.39, 0.29) is 6.61 Å². The largest absolute Gasteiger partial charge is 0.394 e. The molecular formula is C20H29N3O. The Morgan fingerprint density at radius 1 is 1.21 bits per heavy atom. The molecule has 130 valence electrons. The third-order valence-electron chi connectivity index (χ3n) is 5.31. The third kappa shape index (κ3) is 3.87. The van der Waals surface area contributed by atoms with Crippen molar-refractivity contribution in [3.63, 3.8) is 0 Å². The molecule has 1 unspecified atom stereocenters. The Morgan fingerprint density at radius 3 is 2.75 bits per heavy atom. The van der Waals surface area contributed by atoms with Crippen LogP contribution in [0.1, 0.15) is 41.8 Å². The number of aryl methyl sites for hydroxylation is 2. The molecule has 1 aliphatic rings. The molecule has 0 radical (unpaired) electrons. The number of hydrogen-bond donors (Lipinski definition) is 1. The van der Waals surface area contributed by atoms with Crippen molar-refractivity contribution in [2.75, 3.05) is 13.2 Å². The van der Waals surface area contributed by atoms with Crippen LogP contribution in [0.25, 0.3) is 0 Å². The first-order valence-corrected chi connectivity index (χ1v) is 9.10. The van der Waals surface area contributed by atoms with E-state index < -0.39 is 0 Å². The van der Waals surface area contributed by atoms with Gasteiger partial charge in [-0.25, -0.2) is 0 Å². The lowest BCUT2D eigenvalue weighted by atomic mass is 10.0. The Balaban J connectivity index is 1.64. The lowest BCUT2D eigenvalue weighted by Crippen LogP contribution is -2.29. The van der Waals surface area contributed by atoms with E-state index in [1.165, 1.54) is 42.6 Å². The number of likely N-dealkylation sites (tertiary alicyclic amines) is 1. The molecule has 0 saturated carbocycles. The highest BCUT2D eigenvalue weighted by atomic mass is 16.3. The van der Waals surface area contributed by atoms with E-state index in [0.717, 1.165) is 18.7 Å². The van der Waals surface area contributed by atoms with Gasteiger partial charge in [0.05, 0.1) is 18.8 Å². The summed E-state index contributed by atoms with van der Waals surface area (Å²) in [6.45, 7) is 7.12. The van der Waals surface area contributed by atoms with Crippen molar-refractivity contribution in [3.05, 3.63) is 52.8 Å². The third-order valence-corrected chi connectivity index (χ3v) is 5.31. The van der Waals surface area contributed by atoms with Crippen molar-refractivity contribution in [2.24, 2.45) is 0 Å². The van der Waals surface area contributed by atoms with Crippen LogP contribution in [0.2, 0.25) is 0 Å². The predicted molar refractivity (Wildman–Crippen MR) is 97.0 cm³/mol. The van der Waals surface area contributed by atoms with Crippen molar-refractivity contribution in [1.29, 1.82) is 0 Å². The Labute approximate surface area is 145 Å². The summed E-state index contributed by atoms with van der Waals surface area (Å²) in [5.41, 5.74) is 5.09. The minimum absolute atomic E-state index is 0.144. The van der Waals surface area contributed by atoms with Gasteiger partial charge in [0.1, 0.15) is 0 Å². The van der Waals surface area contributed by atoms with E-state index in [1.54, 1.807) is 0 Å². The van der Waals surface area contributed by atoms with E-state index in [0.29, 0.717) is 12.6 Å². The molecule has 4 heteroatoms. The van der Waals surface area contributed by atoms with Gasteiger partial charge in [0.25, 0.3) is 0 Å². The minimum atomic E-state index is 0.144. The number of benzene rings is 1. The minimum Gasteiger partial charge on any atom is -0.394 e. The molecule has 4 nitrogen and oxygen atoms in total. The fraction of sp³-hybridized carbons (Fsp3) is 0.550. The molecule has 1 saturated heterocycles. The van der Waals surface area contributed by atoms with Crippen LogP contribution in [0, 0.1) is 13.8 Å². The van der Waals surface area contributed by atoms with Crippen LogP contribution in [0.3, 0.4) is 0 Å². The zero-order chi connectivity index (χ0) is 16.9. The van der Waals surface area contributed by atoms with Gasteiger partial charge >= 0.3 is 0 Å². The van der Waals surface area contributed by atoms with E-state index in [9.17, 15) is 5.11 Å². The average molecular weight is 327 g/mol. The molecular weight excluding hydrogens is 298 g/mol. The highest BCUT2D eigenvalue weighted by Crippen LogP contribution is 2.26. The van der Waals surface area contributed by atoms with Crippen molar-refractivity contribution in [2.45, 2.75) is 58.7 Å². The van der Waals surface area contributed by atoms with Crippen molar-refractivity contribution in [1.82, 2.24) is 14.7 Å². The maximum absolute atomic E-state index is 9.18. The average Bonchev–Trinajstić information content (AvgIpc) is 3.14. The van der Waals surface area contributed by atoms with E-state index in [2.05, 4.69) is 54.2 Å². The second kappa shape index (κ2) is 7.95. The molecule has 0 aliphatic carbocycles. The number of aliphatic hydroxyl groups excluding tert-OH is 1. The van der Waals surface area contributed by atoms with E-state index in [4.69, 9.17) is 0 Å². The quantitative estimate of drug-likeness (QED) is 0.850. The summed E-state index contributed by atoms with van der Waals surface area (Å²) >= 11 is 0. The van der Waals surface area contributed by atoms with Crippen LogP contribution in [-0.2, 0) is 19.5 Å². The molecule has 2 aromatic rings. The summed E-state index contributed by atoms with van der Waals surface area (Å²) in [4.78, 5) is 2.63. The molecule has 1 fully saturated rings. The van der Waals surface area contributed by atoms with Crippen molar-refractivity contribution >= 4 is 0 Å². The van der Waals surface area contributed by atoms with Gasteiger partial charge in [0.2, 0.25) is 0 Å². The predicted octanol–water partition coefficient (Wildman–Crippen LogP) is 3.09. The zero-order valence-corrected chi connectivity index (χ0v) is 14.9. The molecule has 0 amide bonds. The first-order chi connectivity index (χ1) is 11.7. The fourth-order valence-corrected chi connectivity index (χ4v) is 3.89. The first kappa shape index (κ1) is 17.2. The highest BCUT2D eigenvalue weighted by Gasteiger charge is 2.26. The Bertz CT molecular complexity index is 650. The van der Waals surface area contributed by atoms with Gasteiger partial charge in [0.15, 0.2) is 0 Å². The van der Waals surface area contributed by atoms with Crippen LogP contribution in [0.4, 0.5) is 0 Å². The lowest BCUT2D eigenvalue weighted by Gasteiger charge is -2.24. The molecule has 24 heavy (non-hydrogen) atoms. The summed E-state index contributed by atoms with van der Waals surface area (Å²) in [5.74, 6) is 0. The summed E-state index contributed by atoms with van der Waals surface area (Å²) in [6.07, 6.45) is 4.98. The fourth-order valence-electron chi connectivity index (χ4n) is 3.89. The van der Waals surface area contributed by atoms with Gasteiger partial charge in [0, 0.05) is 23.8 Å². The van der Waals surface area contributed by atoms with Crippen molar-refractivity contribution < 1.29 is 5.11 Å². The maximum Gasteiger partial charge on any atom is 0.0644 e. The normalized spacial score (nSPS) is 18.4. The standard InChI is InChI=1S/C20H29N3O/c1-16-20(17(2)23(21-16)13-14-24)15-22-12-6-9-19(22)11-10-18-7-4-3-5-8-18/h3-5,7-8,19,24H,6,9-15H2,1-2H3. The van der Waals surface area contributed by atoms with Crippen LogP contribution in [0.15, 0.2) is 30.3 Å². The van der Waals surface area contributed by atoms with Gasteiger partial charge in [-0.15, -0.1) is 0 Å². The molecule has 0 bridgehead atoms. The van der Waals surface area contributed by atoms with Crippen molar-refractivity contribution in [3.8, 4) is 0 Å². The number of hydrogen-bond acceptors (Lipinski definition) is 3. The summed E-state index contributed by atoms with van der Waals surface area (Å²) in [7, 11) is 0. The van der Waals surface area contributed by atoms with Gasteiger partial charge in [-0.1, -0.05) is 30.3 Å². The SMILES string of the molecule is Cc1nn(CCO)c(C)c1CN1CCCC1CCc1ccccc1. The van der Waals surface area contributed by atoms with Gasteiger partial charge < -0.3 is 5.11 Å². The Morgan fingerprint density at radius 2 is 2.00 bits per heavy atom. The summed E-state index contributed by atoms with van der Waals surface area (Å²) in [5, 5.41) is 13.8. The first-order valence-electron chi connectivity index (χ1n) is 9.10. The monoisotopic (exact) mass is 327 g/mol. The van der Waals surface area contributed by atoms with E-state index >= 15 is 0 Å². The molecule has 1 aromatic heterocycles. The number of nitrogens with zero attached hydrogens (tertiary/aromatic N) is 3.